The van der Waals surface area contributed by atoms with Crippen LogP contribution in [0.5, 0.6) is 0 Å². The van der Waals surface area contributed by atoms with E-state index in [1.807, 2.05) is 37.7 Å². The van der Waals surface area contributed by atoms with E-state index in [0.717, 1.165) is 18.4 Å². The Hall–Kier alpha value is -2.88. The zero-order chi connectivity index (χ0) is 19.6. The van der Waals surface area contributed by atoms with Crippen molar-refractivity contribution in [1.82, 2.24) is 14.7 Å². The molecule has 7 heteroatoms. The molecule has 3 rings (SSSR count). The summed E-state index contributed by atoms with van der Waals surface area (Å²) in [4.78, 5) is 13.9. The highest BCUT2D eigenvalue weighted by Crippen LogP contribution is 2.27. The van der Waals surface area contributed by atoms with Gasteiger partial charge in [0.1, 0.15) is 11.4 Å². The van der Waals surface area contributed by atoms with Gasteiger partial charge in [-0.25, -0.2) is 9.18 Å². The molecular weight excluding hydrogens is 347 g/mol. The quantitative estimate of drug-likeness (QED) is 0.797. The molecule has 1 aromatic heterocycles. The Balaban J connectivity index is 1.66. The minimum absolute atomic E-state index is 0.168. The summed E-state index contributed by atoms with van der Waals surface area (Å²) in [6.07, 6.45) is 4.80. The number of hydrogen-bond donors (Lipinski definition) is 0. The van der Waals surface area contributed by atoms with Gasteiger partial charge < -0.3 is 9.64 Å². The molecule has 2 aromatic rings. The zero-order valence-electron chi connectivity index (χ0n) is 15.8. The van der Waals surface area contributed by atoms with E-state index in [9.17, 15) is 9.18 Å². The molecule has 0 unspecified atom stereocenters. The van der Waals surface area contributed by atoms with E-state index in [1.54, 1.807) is 17.2 Å². The monoisotopic (exact) mass is 370 g/mol. The predicted octanol–water partition coefficient (Wildman–Crippen LogP) is 4.13. The maximum atomic E-state index is 13.7. The van der Waals surface area contributed by atoms with Crippen LogP contribution in [-0.2, 0) is 4.74 Å². The molecule has 1 aliphatic rings. The second-order valence-corrected chi connectivity index (χ2v) is 7.75. The molecule has 1 aliphatic heterocycles. The average molecular weight is 370 g/mol. The number of benzene rings is 1. The number of piperidine rings is 1. The lowest BCUT2D eigenvalue weighted by Crippen LogP contribution is -2.42. The largest absolute Gasteiger partial charge is 0.444 e. The van der Waals surface area contributed by atoms with Gasteiger partial charge in [0.2, 0.25) is 0 Å². The number of carbonyl (C=O) groups excluding carboxylic acids is 1. The van der Waals surface area contributed by atoms with Crippen LogP contribution in [-0.4, -0.2) is 39.5 Å². The maximum Gasteiger partial charge on any atom is 0.410 e. The number of nitriles is 1. The Labute approximate surface area is 158 Å². The molecule has 0 spiro atoms. The Morgan fingerprint density at radius 3 is 2.59 bits per heavy atom. The van der Waals surface area contributed by atoms with Crippen molar-refractivity contribution >= 4 is 6.09 Å². The van der Waals surface area contributed by atoms with Gasteiger partial charge in [0.05, 0.1) is 23.9 Å². The predicted molar refractivity (Wildman–Crippen MR) is 98.4 cm³/mol. The van der Waals surface area contributed by atoms with Crippen molar-refractivity contribution in [2.45, 2.75) is 45.3 Å². The number of likely N-dealkylation sites (tertiary alicyclic amines) is 1. The normalized spacial score (nSPS) is 15.4. The van der Waals surface area contributed by atoms with E-state index in [-0.39, 0.29) is 17.7 Å². The van der Waals surface area contributed by atoms with Gasteiger partial charge in [-0.15, -0.1) is 0 Å². The van der Waals surface area contributed by atoms with Crippen molar-refractivity contribution < 1.29 is 13.9 Å². The Morgan fingerprint density at radius 2 is 1.96 bits per heavy atom. The first kappa shape index (κ1) is 18.9. The van der Waals surface area contributed by atoms with E-state index in [4.69, 9.17) is 10.00 Å². The lowest BCUT2D eigenvalue weighted by molar-refractivity contribution is 0.0185. The molecule has 0 saturated carbocycles. The van der Waals surface area contributed by atoms with Crippen LogP contribution in [0.4, 0.5) is 9.18 Å². The number of carbonyl (C=O) groups is 1. The minimum Gasteiger partial charge on any atom is -0.444 e. The van der Waals surface area contributed by atoms with E-state index >= 15 is 0 Å². The lowest BCUT2D eigenvalue weighted by Gasteiger charge is -2.33. The van der Waals surface area contributed by atoms with Gasteiger partial charge in [0.15, 0.2) is 0 Å². The van der Waals surface area contributed by atoms with Crippen LogP contribution in [0.15, 0.2) is 30.6 Å². The van der Waals surface area contributed by atoms with Crippen LogP contribution < -0.4 is 0 Å². The summed E-state index contributed by atoms with van der Waals surface area (Å²) in [6.45, 7) is 6.77. The molecule has 27 heavy (non-hydrogen) atoms. The molecular formula is C20H23FN4O2. The smallest absolute Gasteiger partial charge is 0.410 e. The third kappa shape index (κ3) is 4.64. The van der Waals surface area contributed by atoms with Gasteiger partial charge in [-0.1, -0.05) is 0 Å². The van der Waals surface area contributed by atoms with E-state index in [2.05, 4.69) is 5.10 Å². The van der Waals surface area contributed by atoms with Crippen LogP contribution in [0.1, 0.15) is 45.2 Å². The minimum atomic E-state index is -0.502. The van der Waals surface area contributed by atoms with Gasteiger partial charge in [0.25, 0.3) is 0 Å². The Kier molecular flexibility index (Phi) is 5.17. The summed E-state index contributed by atoms with van der Waals surface area (Å²) in [5, 5.41) is 13.4. The van der Waals surface area contributed by atoms with E-state index in [0.29, 0.717) is 18.7 Å². The average Bonchev–Trinajstić information content (AvgIpc) is 3.10. The second kappa shape index (κ2) is 7.39. The summed E-state index contributed by atoms with van der Waals surface area (Å²) in [7, 11) is 0. The lowest BCUT2D eigenvalue weighted by atomic mass is 10.0. The summed E-state index contributed by atoms with van der Waals surface area (Å²) in [6, 6.07) is 6.38. The highest BCUT2D eigenvalue weighted by atomic mass is 19.1. The van der Waals surface area contributed by atoms with Crippen LogP contribution in [0.2, 0.25) is 0 Å². The standard InChI is InChI=1S/C20H23FN4O2/c1-20(2,3)27-19(26)24-6-4-18(5-7-24)25-13-16(12-23-25)15-8-14(11-22)9-17(21)10-15/h8-10,12-13,18H,4-7H2,1-3H3. The number of aromatic nitrogens is 2. The number of hydrogen-bond acceptors (Lipinski definition) is 4. The van der Waals surface area contributed by atoms with E-state index < -0.39 is 11.4 Å². The third-order valence-electron chi connectivity index (χ3n) is 4.45. The SMILES string of the molecule is CC(C)(C)OC(=O)N1CCC(n2cc(-c3cc(F)cc(C#N)c3)cn2)CC1. The molecule has 1 fully saturated rings. The van der Waals surface area contributed by atoms with Crippen molar-refractivity contribution in [3.63, 3.8) is 0 Å². The molecule has 1 aromatic carbocycles. The zero-order valence-corrected chi connectivity index (χ0v) is 15.8. The highest BCUT2D eigenvalue weighted by Gasteiger charge is 2.27. The van der Waals surface area contributed by atoms with Crippen molar-refractivity contribution in [2.24, 2.45) is 0 Å². The molecule has 0 atom stereocenters. The van der Waals surface area contributed by atoms with Crippen molar-refractivity contribution in [3.8, 4) is 17.2 Å². The van der Waals surface area contributed by atoms with Crippen molar-refractivity contribution in [1.29, 1.82) is 5.26 Å². The molecule has 142 valence electrons. The fourth-order valence-electron chi connectivity index (χ4n) is 3.15. The number of amides is 1. The fraction of sp³-hybridized carbons (Fsp3) is 0.450. The first-order chi connectivity index (χ1) is 12.7. The van der Waals surface area contributed by atoms with Gasteiger partial charge in [-0.05, 0) is 57.4 Å². The van der Waals surface area contributed by atoms with Crippen LogP contribution in [0, 0.1) is 17.1 Å². The van der Waals surface area contributed by atoms with Gasteiger partial charge in [-0.2, -0.15) is 10.4 Å². The molecule has 2 heterocycles. The molecule has 0 radical (unpaired) electrons. The molecule has 6 nitrogen and oxygen atoms in total. The maximum absolute atomic E-state index is 13.7. The van der Waals surface area contributed by atoms with Gasteiger partial charge in [0, 0.05) is 24.8 Å². The topological polar surface area (TPSA) is 71.2 Å². The third-order valence-corrected chi connectivity index (χ3v) is 4.45. The number of nitrogens with zero attached hydrogens (tertiary/aromatic N) is 4. The van der Waals surface area contributed by atoms with Crippen molar-refractivity contribution in [2.75, 3.05) is 13.1 Å². The molecule has 1 amide bonds. The van der Waals surface area contributed by atoms with Crippen LogP contribution in [0.25, 0.3) is 11.1 Å². The Bertz CT molecular complexity index is 871. The first-order valence-corrected chi connectivity index (χ1v) is 8.98. The first-order valence-electron chi connectivity index (χ1n) is 8.98. The molecule has 1 saturated heterocycles. The fourth-order valence-corrected chi connectivity index (χ4v) is 3.15. The Morgan fingerprint density at radius 1 is 1.26 bits per heavy atom. The van der Waals surface area contributed by atoms with Crippen LogP contribution >= 0.6 is 0 Å². The van der Waals surface area contributed by atoms with Crippen LogP contribution in [0.3, 0.4) is 0 Å². The molecule has 0 bridgehead atoms. The summed E-state index contributed by atoms with van der Waals surface area (Å²) in [5.41, 5.74) is 1.17. The number of rotatable bonds is 2. The summed E-state index contributed by atoms with van der Waals surface area (Å²) >= 11 is 0. The highest BCUT2D eigenvalue weighted by molar-refractivity contribution is 5.68. The summed E-state index contributed by atoms with van der Waals surface area (Å²) < 4.78 is 20.9. The van der Waals surface area contributed by atoms with Crippen molar-refractivity contribution in [3.05, 3.63) is 42.0 Å². The second-order valence-electron chi connectivity index (χ2n) is 7.75. The van der Waals surface area contributed by atoms with Gasteiger partial charge in [-0.3, -0.25) is 4.68 Å². The molecule has 0 N–H and O–H groups in total. The molecule has 0 aliphatic carbocycles. The number of ether oxygens (including phenoxy) is 1. The number of halogens is 1. The van der Waals surface area contributed by atoms with Gasteiger partial charge >= 0.3 is 6.09 Å². The summed E-state index contributed by atoms with van der Waals surface area (Å²) in [5.74, 6) is -0.442. The van der Waals surface area contributed by atoms with E-state index in [1.165, 1.54) is 12.1 Å².